The smallest absolute Gasteiger partial charge is 0.277 e. The number of anilines is 3. The first-order valence-electron chi connectivity index (χ1n) is 8.98. The average molecular weight is 360 g/mol. The van der Waals surface area contributed by atoms with Crippen molar-refractivity contribution in [3.8, 4) is 5.75 Å². The van der Waals surface area contributed by atoms with E-state index in [1.807, 2.05) is 49.4 Å². The van der Waals surface area contributed by atoms with Gasteiger partial charge in [0.25, 0.3) is 5.91 Å². The minimum absolute atomic E-state index is 0.122. The topological polar surface area (TPSA) is 67.3 Å². The maximum Gasteiger partial charge on any atom is 0.277 e. The molecule has 0 bridgehead atoms. The van der Waals surface area contributed by atoms with Crippen LogP contribution in [-0.2, 0) is 6.42 Å². The molecule has 0 saturated heterocycles. The molecule has 27 heavy (non-hydrogen) atoms. The lowest BCUT2D eigenvalue weighted by atomic mass is 10.2. The second-order valence-corrected chi connectivity index (χ2v) is 6.16. The van der Waals surface area contributed by atoms with E-state index in [1.54, 1.807) is 17.2 Å². The molecule has 1 aromatic heterocycles. The molecule has 0 aliphatic carbocycles. The summed E-state index contributed by atoms with van der Waals surface area (Å²) in [7, 11) is 0. The van der Waals surface area contributed by atoms with E-state index in [0.717, 1.165) is 17.8 Å². The van der Waals surface area contributed by atoms with Crippen molar-refractivity contribution in [3.05, 3.63) is 72.1 Å². The van der Waals surface area contributed by atoms with Crippen LogP contribution in [0.2, 0.25) is 0 Å². The number of carbonyl (C=O) groups is 1. The number of rotatable bonds is 5. The monoisotopic (exact) mass is 360 g/mol. The number of para-hydroxylation sites is 3. The van der Waals surface area contributed by atoms with Gasteiger partial charge in [-0.25, -0.2) is 9.97 Å². The molecule has 2 aromatic carbocycles. The summed E-state index contributed by atoms with van der Waals surface area (Å²) in [6.45, 7) is 3.16. The molecule has 0 atom stereocenters. The van der Waals surface area contributed by atoms with E-state index >= 15 is 0 Å². The zero-order chi connectivity index (χ0) is 18.6. The Kier molecular flexibility index (Phi) is 4.70. The maximum atomic E-state index is 13.0. The molecule has 0 saturated carbocycles. The van der Waals surface area contributed by atoms with Gasteiger partial charge < -0.3 is 15.0 Å². The van der Waals surface area contributed by atoms with Crippen LogP contribution in [0.1, 0.15) is 23.0 Å². The van der Waals surface area contributed by atoms with Crippen molar-refractivity contribution in [1.82, 2.24) is 9.97 Å². The van der Waals surface area contributed by atoms with Gasteiger partial charge in [0.1, 0.15) is 11.4 Å². The minimum atomic E-state index is -0.122. The Balaban J connectivity index is 1.58. The first-order chi connectivity index (χ1) is 13.3. The third-order valence-corrected chi connectivity index (χ3v) is 4.44. The molecule has 0 radical (unpaired) electrons. The lowest BCUT2D eigenvalue weighted by molar-refractivity contribution is 0.0984. The summed E-state index contributed by atoms with van der Waals surface area (Å²) in [4.78, 5) is 23.4. The van der Waals surface area contributed by atoms with Crippen molar-refractivity contribution in [1.29, 1.82) is 0 Å². The second-order valence-electron chi connectivity index (χ2n) is 6.16. The Hall–Kier alpha value is -3.41. The molecule has 1 aliphatic rings. The number of ether oxygens (including phenoxy) is 1. The van der Waals surface area contributed by atoms with E-state index in [0.29, 0.717) is 30.5 Å². The number of fused-ring (bicyclic) bond motifs is 1. The largest absolute Gasteiger partial charge is 0.492 e. The number of amides is 1. The standard InChI is InChI=1S/C21H20N4O2/c1-2-27-19-10-6-4-8-16(19)23-21-22-13-11-17(24-21)20(26)25-14-12-15-7-3-5-9-18(15)25/h3-11,13H,2,12,14H2,1H3,(H,22,23,24). The fourth-order valence-corrected chi connectivity index (χ4v) is 3.20. The van der Waals surface area contributed by atoms with Crippen LogP contribution in [0, 0.1) is 0 Å². The summed E-state index contributed by atoms with van der Waals surface area (Å²) >= 11 is 0. The highest BCUT2D eigenvalue weighted by Crippen LogP contribution is 2.29. The molecular weight excluding hydrogens is 340 g/mol. The van der Waals surface area contributed by atoms with Gasteiger partial charge in [0, 0.05) is 18.4 Å². The molecular formula is C21H20N4O2. The number of carbonyl (C=O) groups excluding carboxylic acids is 1. The lowest BCUT2D eigenvalue weighted by Gasteiger charge is -2.17. The Morgan fingerprint density at radius 2 is 1.96 bits per heavy atom. The predicted molar refractivity (Wildman–Crippen MR) is 105 cm³/mol. The van der Waals surface area contributed by atoms with E-state index in [2.05, 4.69) is 21.4 Å². The predicted octanol–water partition coefficient (Wildman–Crippen LogP) is 3.82. The first kappa shape index (κ1) is 17.0. The fourth-order valence-electron chi connectivity index (χ4n) is 3.20. The van der Waals surface area contributed by atoms with E-state index in [9.17, 15) is 4.79 Å². The number of nitrogens with one attached hydrogen (secondary N) is 1. The van der Waals surface area contributed by atoms with Crippen molar-refractivity contribution >= 4 is 23.2 Å². The van der Waals surface area contributed by atoms with Crippen LogP contribution >= 0.6 is 0 Å². The minimum Gasteiger partial charge on any atom is -0.492 e. The number of hydrogen-bond acceptors (Lipinski definition) is 5. The van der Waals surface area contributed by atoms with Gasteiger partial charge >= 0.3 is 0 Å². The van der Waals surface area contributed by atoms with Crippen molar-refractivity contribution in [2.75, 3.05) is 23.4 Å². The molecule has 2 heterocycles. The van der Waals surface area contributed by atoms with Gasteiger partial charge in [0.2, 0.25) is 5.95 Å². The maximum absolute atomic E-state index is 13.0. The molecule has 6 nitrogen and oxygen atoms in total. The molecule has 4 rings (SSSR count). The van der Waals surface area contributed by atoms with Crippen LogP contribution in [-0.4, -0.2) is 29.0 Å². The molecule has 6 heteroatoms. The van der Waals surface area contributed by atoms with Crippen LogP contribution in [0.5, 0.6) is 5.75 Å². The Bertz CT molecular complexity index is 974. The van der Waals surface area contributed by atoms with E-state index < -0.39 is 0 Å². The number of hydrogen-bond donors (Lipinski definition) is 1. The van der Waals surface area contributed by atoms with Crippen LogP contribution in [0.25, 0.3) is 0 Å². The SMILES string of the molecule is CCOc1ccccc1Nc1nccc(C(=O)N2CCc3ccccc32)n1. The second kappa shape index (κ2) is 7.45. The molecule has 1 amide bonds. The average Bonchev–Trinajstić information content (AvgIpc) is 3.13. The zero-order valence-corrected chi connectivity index (χ0v) is 15.1. The Labute approximate surface area is 157 Å². The molecule has 136 valence electrons. The number of aromatic nitrogens is 2. The molecule has 0 fully saturated rings. The first-order valence-corrected chi connectivity index (χ1v) is 8.98. The fraction of sp³-hybridized carbons (Fsp3) is 0.190. The van der Waals surface area contributed by atoms with Gasteiger partial charge in [0.15, 0.2) is 0 Å². The number of benzene rings is 2. The summed E-state index contributed by atoms with van der Waals surface area (Å²) in [6.07, 6.45) is 2.45. The van der Waals surface area contributed by atoms with Gasteiger partial charge in [-0.15, -0.1) is 0 Å². The summed E-state index contributed by atoms with van der Waals surface area (Å²) in [6, 6.07) is 17.2. The highest BCUT2D eigenvalue weighted by molar-refractivity contribution is 6.06. The van der Waals surface area contributed by atoms with Crippen molar-refractivity contribution in [3.63, 3.8) is 0 Å². The summed E-state index contributed by atoms with van der Waals surface area (Å²) in [5.41, 5.74) is 3.26. The number of nitrogens with zero attached hydrogens (tertiary/aromatic N) is 3. The lowest BCUT2D eigenvalue weighted by Crippen LogP contribution is -2.29. The Morgan fingerprint density at radius 1 is 1.15 bits per heavy atom. The molecule has 1 N–H and O–H groups in total. The van der Waals surface area contributed by atoms with Crippen molar-refractivity contribution < 1.29 is 9.53 Å². The molecule has 0 spiro atoms. The van der Waals surface area contributed by atoms with Gasteiger partial charge in [0.05, 0.1) is 12.3 Å². The molecule has 1 aliphatic heterocycles. The molecule has 0 unspecified atom stereocenters. The van der Waals surface area contributed by atoms with Crippen molar-refractivity contribution in [2.45, 2.75) is 13.3 Å². The van der Waals surface area contributed by atoms with Crippen LogP contribution < -0.4 is 15.0 Å². The van der Waals surface area contributed by atoms with Crippen molar-refractivity contribution in [2.24, 2.45) is 0 Å². The van der Waals surface area contributed by atoms with Crippen LogP contribution in [0.15, 0.2) is 60.8 Å². The highest BCUT2D eigenvalue weighted by Gasteiger charge is 2.26. The van der Waals surface area contributed by atoms with E-state index in [4.69, 9.17) is 4.74 Å². The van der Waals surface area contributed by atoms with E-state index in [1.165, 1.54) is 5.56 Å². The van der Waals surface area contributed by atoms with Gasteiger partial charge in [-0.05, 0) is 43.2 Å². The summed E-state index contributed by atoms with van der Waals surface area (Å²) in [5.74, 6) is 0.956. The normalized spacial score (nSPS) is 12.6. The Morgan fingerprint density at radius 3 is 2.85 bits per heavy atom. The van der Waals surface area contributed by atoms with Gasteiger partial charge in [-0.1, -0.05) is 30.3 Å². The van der Waals surface area contributed by atoms with Crippen LogP contribution in [0.3, 0.4) is 0 Å². The third-order valence-electron chi connectivity index (χ3n) is 4.44. The zero-order valence-electron chi connectivity index (χ0n) is 15.1. The highest BCUT2D eigenvalue weighted by atomic mass is 16.5. The third kappa shape index (κ3) is 3.46. The quantitative estimate of drug-likeness (QED) is 0.749. The van der Waals surface area contributed by atoms with Crippen LogP contribution in [0.4, 0.5) is 17.3 Å². The summed E-state index contributed by atoms with van der Waals surface area (Å²) < 4.78 is 5.61. The molecule has 3 aromatic rings. The van der Waals surface area contributed by atoms with E-state index in [-0.39, 0.29) is 5.91 Å². The van der Waals surface area contributed by atoms with Gasteiger partial charge in [-0.3, -0.25) is 4.79 Å². The summed E-state index contributed by atoms with van der Waals surface area (Å²) in [5, 5.41) is 3.14. The van der Waals surface area contributed by atoms with Gasteiger partial charge in [-0.2, -0.15) is 0 Å².